The Morgan fingerprint density at radius 1 is 1.04 bits per heavy atom. The van der Waals surface area contributed by atoms with Gasteiger partial charge in [-0.3, -0.25) is 0 Å². The van der Waals surface area contributed by atoms with E-state index in [0.29, 0.717) is 0 Å². The molecule has 0 aromatic heterocycles. The molecule has 0 bridgehead atoms. The average Bonchev–Trinajstić information content (AvgIpc) is 3.14. The van der Waals surface area contributed by atoms with E-state index < -0.39 is 24.0 Å². The van der Waals surface area contributed by atoms with Crippen LogP contribution in [0, 0.1) is 0 Å². The minimum Gasteiger partial charge on any atom is -1.00 e. The molecule has 3 aliphatic carbocycles. The van der Waals surface area contributed by atoms with Crippen molar-refractivity contribution < 1.29 is 42.2 Å². The second kappa shape index (κ2) is 9.41. The molecule has 1 aromatic carbocycles. The Kier molecular flexibility index (Phi) is 8.03. The van der Waals surface area contributed by atoms with Crippen LogP contribution >= 0.6 is 0 Å². The van der Waals surface area contributed by atoms with Gasteiger partial charge in [0.15, 0.2) is 0 Å². The van der Waals surface area contributed by atoms with Crippen molar-refractivity contribution >= 4 is 28.8 Å². The van der Waals surface area contributed by atoms with Crippen molar-refractivity contribution in [2.45, 2.75) is 58.2 Å². The van der Waals surface area contributed by atoms with Crippen molar-refractivity contribution in [2.24, 2.45) is 0 Å². The first-order chi connectivity index (χ1) is 11.6. The molecule has 139 valence electrons. The first-order valence-corrected chi connectivity index (χ1v) is 16.7. The van der Waals surface area contributed by atoms with Crippen molar-refractivity contribution in [3.8, 4) is 0 Å². The molecule has 0 atom stereocenters. The molecule has 0 amide bonds. The minimum absolute atomic E-state index is 0. The van der Waals surface area contributed by atoms with Gasteiger partial charge in [-0.2, -0.15) is 0 Å². The summed E-state index contributed by atoms with van der Waals surface area (Å²) in [4.78, 5) is 0. The topological polar surface area (TPSA) is 12.0 Å². The average molecular weight is 441 g/mol. The maximum absolute atomic E-state index is 4.26. The molecule has 4 rings (SSSR count). The predicted molar refractivity (Wildman–Crippen MR) is 105 cm³/mol. The van der Waals surface area contributed by atoms with Gasteiger partial charge in [0, 0.05) is 0 Å². The number of benzene rings is 1. The summed E-state index contributed by atoms with van der Waals surface area (Å²) in [6.45, 7) is 6.82. The first-order valence-electron chi connectivity index (χ1n) is 9.52. The van der Waals surface area contributed by atoms with Gasteiger partial charge in [-0.1, -0.05) is 0 Å². The molecule has 5 heteroatoms. The van der Waals surface area contributed by atoms with Crippen molar-refractivity contribution in [3.05, 3.63) is 45.3 Å². The van der Waals surface area contributed by atoms with Crippen LogP contribution in [0.3, 0.4) is 0 Å². The van der Waals surface area contributed by atoms with Crippen LogP contribution in [0.15, 0.2) is 23.8 Å². The minimum atomic E-state index is -1.38. The molecule has 1 aromatic rings. The molecule has 0 heterocycles. The van der Waals surface area contributed by atoms with Gasteiger partial charge in [0.25, 0.3) is 0 Å². The van der Waals surface area contributed by atoms with Gasteiger partial charge in [0.2, 0.25) is 0 Å². The van der Waals surface area contributed by atoms with Crippen LogP contribution in [0.25, 0.3) is 22.1 Å². The third kappa shape index (κ3) is 4.32. The number of hydrogen-bond acceptors (Lipinski definition) is 1. The van der Waals surface area contributed by atoms with E-state index in [9.17, 15) is 0 Å². The largest absolute Gasteiger partial charge is 1.00 e. The second-order valence-corrected chi connectivity index (χ2v) is 20.5. The Labute approximate surface area is 177 Å². The van der Waals surface area contributed by atoms with Gasteiger partial charge in [-0.05, 0) is 0 Å². The zero-order valence-electron chi connectivity index (χ0n) is 15.9. The number of rotatable bonds is 4. The van der Waals surface area contributed by atoms with Crippen LogP contribution < -0.4 is 39.1 Å². The van der Waals surface area contributed by atoms with Crippen molar-refractivity contribution in [1.29, 1.82) is 0 Å². The van der Waals surface area contributed by atoms with Crippen molar-refractivity contribution in [2.75, 3.05) is 0 Å². The van der Waals surface area contributed by atoms with E-state index in [4.69, 9.17) is 0 Å². The number of fused-ring (bicyclic) bond motifs is 2. The predicted octanol–water partition coefficient (Wildman–Crippen LogP) is -2.53. The van der Waals surface area contributed by atoms with Gasteiger partial charge in [0.1, 0.15) is 0 Å². The molecule has 1 N–H and O–H groups in total. The fourth-order valence-corrected chi connectivity index (χ4v) is 15.1. The Morgan fingerprint density at radius 3 is 2.46 bits per heavy atom. The van der Waals surface area contributed by atoms with E-state index in [2.05, 4.69) is 60.3 Å². The molecule has 1 saturated carbocycles. The van der Waals surface area contributed by atoms with Crippen LogP contribution in [0.5, 0.6) is 0 Å². The van der Waals surface area contributed by atoms with Crippen LogP contribution in [0.2, 0.25) is 13.1 Å². The van der Waals surface area contributed by atoms with Crippen LogP contribution in [-0.2, 0) is 17.4 Å². The molecule has 0 saturated heterocycles. The zero-order chi connectivity index (χ0) is 16.7. The van der Waals surface area contributed by atoms with E-state index in [-0.39, 0.29) is 24.8 Å². The fraction of sp³-hybridized carbons (Fsp3) is 0.429. The Bertz CT molecular complexity index is 838. The molecule has 0 radical (unpaired) electrons. The maximum atomic E-state index is 4.26. The van der Waals surface area contributed by atoms with Gasteiger partial charge in [-0.25, -0.2) is 0 Å². The standard InChI is InChI=1S/C13H9.C6H12N.C2H7Si.2ClH.Ti/c1-9-5-12-7-10-3-2-4-11(10)8-13(12)6-9;7-6-4-2-1-3-5-6;1-3-2;;;/h2-5,7-8H,1H3;6-7H,1-5H2;3H,1-2H3;2*1H;/q;-1;;;;+3/p-2. The molecule has 3 aliphatic rings. The summed E-state index contributed by atoms with van der Waals surface area (Å²) >= 11 is -1.38. The van der Waals surface area contributed by atoms with E-state index in [1.807, 2.05) is 0 Å². The summed E-state index contributed by atoms with van der Waals surface area (Å²) < 4.78 is 6.03. The van der Waals surface area contributed by atoms with E-state index in [0.717, 1.165) is 6.04 Å². The molecule has 1 nitrogen and oxygen atoms in total. The summed E-state index contributed by atoms with van der Waals surface area (Å²) in [5, 5.41) is 2.88. The van der Waals surface area contributed by atoms with E-state index in [1.165, 1.54) is 48.1 Å². The molecular formula is C21H28Cl2NSiTi. The quantitative estimate of drug-likeness (QED) is 0.509. The SMILES string of the molecule is CC1=[C]([Ti+2]([NH]C2CCCCC2)[SiH](C)C)c2cc3c(cc2=C1)C=CC=3.[Cl-].[Cl-]. The van der Waals surface area contributed by atoms with Gasteiger partial charge >= 0.3 is 153 Å². The molecular weight excluding hydrogens is 413 g/mol. The van der Waals surface area contributed by atoms with Crippen LogP contribution in [0.4, 0.5) is 0 Å². The number of nitrogens with one attached hydrogen (secondary N) is 1. The third-order valence-corrected chi connectivity index (χ3v) is 17.1. The van der Waals surface area contributed by atoms with Crippen LogP contribution in [0.1, 0.15) is 50.2 Å². The fourth-order valence-electron chi connectivity index (χ4n) is 4.40. The Morgan fingerprint density at radius 2 is 1.77 bits per heavy atom. The Hall–Kier alpha value is -0.0888. The second-order valence-electron chi connectivity index (χ2n) is 7.84. The first kappa shape index (κ1) is 22.2. The van der Waals surface area contributed by atoms with Crippen LogP contribution in [-0.4, -0.2) is 12.7 Å². The summed E-state index contributed by atoms with van der Waals surface area (Å²) in [6.07, 6.45) is 16.3. The number of halogens is 2. The van der Waals surface area contributed by atoms with Gasteiger partial charge < -0.3 is 24.8 Å². The summed E-state index contributed by atoms with van der Waals surface area (Å²) in [5.41, 5.74) is 4.51. The normalized spacial score (nSPS) is 17.8. The van der Waals surface area contributed by atoms with E-state index in [1.54, 1.807) is 15.0 Å². The number of allylic oxidation sites excluding steroid dienone is 2. The molecule has 0 unspecified atom stereocenters. The monoisotopic (exact) mass is 440 g/mol. The van der Waals surface area contributed by atoms with Gasteiger partial charge in [0.05, 0.1) is 0 Å². The molecule has 1 fully saturated rings. The van der Waals surface area contributed by atoms with Crippen molar-refractivity contribution in [1.82, 2.24) is 3.80 Å². The smallest absolute Gasteiger partial charge is 1.00 e. The van der Waals surface area contributed by atoms with Crippen molar-refractivity contribution in [3.63, 3.8) is 0 Å². The third-order valence-electron chi connectivity index (χ3n) is 5.65. The summed E-state index contributed by atoms with van der Waals surface area (Å²) in [7, 11) is 0. The zero-order valence-corrected chi connectivity index (χ0v) is 20.1. The molecule has 0 aliphatic heterocycles. The molecule has 26 heavy (non-hydrogen) atoms. The number of hydrogen-bond donors (Lipinski definition) is 1. The van der Waals surface area contributed by atoms with E-state index >= 15 is 0 Å². The summed E-state index contributed by atoms with van der Waals surface area (Å²) in [5.74, 6) is 0. The molecule has 0 spiro atoms. The van der Waals surface area contributed by atoms with Gasteiger partial charge in [-0.15, -0.1) is 0 Å². The summed E-state index contributed by atoms with van der Waals surface area (Å²) in [6, 6.07) is 5.68. The Balaban J connectivity index is 0.00000121. The maximum Gasteiger partial charge on any atom is -1.00 e.